The van der Waals surface area contributed by atoms with Gasteiger partial charge in [-0.15, -0.1) is 0 Å². The summed E-state index contributed by atoms with van der Waals surface area (Å²) in [6.45, 7) is 0. The molecule has 0 unspecified atom stereocenters. The van der Waals surface area contributed by atoms with Crippen LogP contribution in [-0.2, 0) is 0 Å². The van der Waals surface area contributed by atoms with Gasteiger partial charge >= 0.3 is 0 Å². The summed E-state index contributed by atoms with van der Waals surface area (Å²) >= 11 is 0. The number of benzene rings is 11. The van der Waals surface area contributed by atoms with Gasteiger partial charge in [0.05, 0.1) is 22.7 Å². The van der Waals surface area contributed by atoms with Crippen LogP contribution in [0.3, 0.4) is 0 Å². The maximum atomic E-state index is 9.76. The van der Waals surface area contributed by atoms with Crippen LogP contribution in [0.2, 0.25) is 0 Å². The molecule has 1 heterocycles. The highest BCUT2D eigenvalue weighted by atomic mass is 15.0. The average molecular weight is 773 g/mol. The van der Waals surface area contributed by atoms with E-state index in [1.165, 1.54) is 76.5 Å². The van der Waals surface area contributed by atoms with E-state index in [1.54, 1.807) is 0 Å². The number of aromatic nitrogens is 1. The molecule has 61 heavy (non-hydrogen) atoms. The molecule has 2 nitrogen and oxygen atoms in total. The van der Waals surface area contributed by atoms with E-state index in [9.17, 15) is 5.26 Å². The molecule has 11 aromatic carbocycles. The van der Waals surface area contributed by atoms with Crippen molar-refractivity contribution < 1.29 is 0 Å². The van der Waals surface area contributed by atoms with Gasteiger partial charge in [0.15, 0.2) is 0 Å². The molecule has 0 bridgehead atoms. The van der Waals surface area contributed by atoms with Crippen LogP contribution in [-0.4, -0.2) is 4.57 Å². The number of hydrogen-bond acceptors (Lipinski definition) is 1. The number of para-hydroxylation sites is 1. The fourth-order valence-corrected chi connectivity index (χ4v) is 9.65. The zero-order valence-electron chi connectivity index (χ0n) is 33.2. The summed E-state index contributed by atoms with van der Waals surface area (Å²) in [7, 11) is 0. The van der Waals surface area contributed by atoms with Crippen LogP contribution < -0.4 is 0 Å². The van der Waals surface area contributed by atoms with Crippen molar-refractivity contribution in [2.24, 2.45) is 0 Å². The van der Waals surface area contributed by atoms with Crippen LogP contribution in [0.25, 0.3) is 115 Å². The van der Waals surface area contributed by atoms with Crippen LogP contribution in [0.5, 0.6) is 0 Å². The SMILES string of the molecule is N#Cc1ccc2c3ccc(-c4ccc(-c5ccc6c(-c7ccc8ccccc8c7)c7ccccc7c(-c7ccc8ccccc8c7)c6c5)cc4)cc3n(-c3ccccc3)c2c1. The largest absolute Gasteiger partial charge is 0.309 e. The molecule has 0 aliphatic rings. The molecule has 0 radical (unpaired) electrons. The number of nitrogens with zero attached hydrogens (tertiary/aromatic N) is 2. The summed E-state index contributed by atoms with van der Waals surface area (Å²) in [4.78, 5) is 0. The Hall–Kier alpha value is -8.25. The van der Waals surface area contributed by atoms with E-state index >= 15 is 0 Å². The van der Waals surface area contributed by atoms with Gasteiger partial charge in [-0.3, -0.25) is 0 Å². The minimum atomic E-state index is 0.652. The molecule has 0 aliphatic heterocycles. The molecule has 0 N–H and O–H groups in total. The summed E-state index contributed by atoms with van der Waals surface area (Å²) < 4.78 is 2.28. The summed E-state index contributed by atoms with van der Waals surface area (Å²) in [5.74, 6) is 0. The first kappa shape index (κ1) is 34.8. The summed E-state index contributed by atoms with van der Waals surface area (Å²) in [5.41, 5.74) is 13.4. The Morgan fingerprint density at radius 1 is 0.295 bits per heavy atom. The number of hydrogen-bond donors (Lipinski definition) is 0. The predicted molar refractivity (Wildman–Crippen MR) is 257 cm³/mol. The second kappa shape index (κ2) is 13.9. The summed E-state index contributed by atoms with van der Waals surface area (Å²) in [6, 6.07) is 81.5. The van der Waals surface area contributed by atoms with Crippen molar-refractivity contribution in [3.05, 3.63) is 224 Å². The van der Waals surface area contributed by atoms with Gasteiger partial charge in [0.1, 0.15) is 0 Å². The van der Waals surface area contributed by atoms with Crippen molar-refractivity contribution in [2.45, 2.75) is 0 Å². The van der Waals surface area contributed by atoms with Crippen molar-refractivity contribution in [3.8, 4) is 56.3 Å². The Labute approximate surface area is 353 Å². The first-order valence-corrected chi connectivity index (χ1v) is 20.8. The van der Waals surface area contributed by atoms with E-state index in [4.69, 9.17) is 0 Å². The van der Waals surface area contributed by atoms with Gasteiger partial charge in [-0.2, -0.15) is 5.26 Å². The van der Waals surface area contributed by atoms with Gasteiger partial charge in [-0.25, -0.2) is 0 Å². The molecule has 0 spiro atoms. The molecule has 0 fully saturated rings. The Morgan fingerprint density at radius 2 is 0.738 bits per heavy atom. The quantitative estimate of drug-likeness (QED) is 0.160. The van der Waals surface area contributed by atoms with Crippen molar-refractivity contribution in [2.75, 3.05) is 0 Å². The zero-order chi connectivity index (χ0) is 40.4. The average Bonchev–Trinajstić information content (AvgIpc) is 3.66. The number of nitriles is 1. The highest BCUT2D eigenvalue weighted by molar-refractivity contribution is 6.22. The van der Waals surface area contributed by atoms with Gasteiger partial charge in [-0.05, 0) is 136 Å². The lowest BCUT2D eigenvalue weighted by atomic mass is 9.84. The number of rotatable bonds is 5. The monoisotopic (exact) mass is 772 g/mol. The Balaban J connectivity index is 1.03. The highest BCUT2D eigenvalue weighted by Gasteiger charge is 2.19. The lowest BCUT2D eigenvalue weighted by Gasteiger charge is -2.19. The van der Waals surface area contributed by atoms with Gasteiger partial charge < -0.3 is 4.57 Å². The second-order valence-corrected chi connectivity index (χ2v) is 16.0. The fourth-order valence-electron chi connectivity index (χ4n) is 9.65. The van der Waals surface area contributed by atoms with Crippen LogP contribution in [0.4, 0.5) is 0 Å². The van der Waals surface area contributed by atoms with E-state index in [-0.39, 0.29) is 0 Å². The molecule has 0 saturated carbocycles. The Morgan fingerprint density at radius 3 is 1.34 bits per heavy atom. The van der Waals surface area contributed by atoms with E-state index in [2.05, 4.69) is 211 Å². The highest BCUT2D eigenvalue weighted by Crippen LogP contribution is 2.46. The van der Waals surface area contributed by atoms with Crippen molar-refractivity contribution in [3.63, 3.8) is 0 Å². The standard InChI is InChI=1S/C59H36N2/c60-37-38-18-29-50-51-30-27-46(36-57(51)61(56(50)32-38)49-14-2-1-3-15-49)42-21-19-41(20-22-42)45-28-31-54-55(35-45)59(48-26-24-40-11-5-7-13-44(40)34-48)53-17-9-8-16-52(53)58(54)47-25-23-39-10-4-6-12-43(39)33-47/h1-36H. The summed E-state index contributed by atoms with van der Waals surface area (Å²) in [6.07, 6.45) is 0. The van der Waals surface area contributed by atoms with E-state index in [1.807, 2.05) is 18.2 Å². The summed E-state index contributed by atoms with van der Waals surface area (Å²) in [5, 5.41) is 22.0. The van der Waals surface area contributed by atoms with Crippen LogP contribution in [0, 0.1) is 11.3 Å². The van der Waals surface area contributed by atoms with Gasteiger partial charge in [-0.1, -0.05) is 170 Å². The minimum absolute atomic E-state index is 0.652. The van der Waals surface area contributed by atoms with Crippen molar-refractivity contribution in [1.29, 1.82) is 5.26 Å². The molecule has 282 valence electrons. The topological polar surface area (TPSA) is 28.7 Å². The third-order valence-electron chi connectivity index (χ3n) is 12.6. The molecular formula is C59H36N2. The maximum absolute atomic E-state index is 9.76. The second-order valence-electron chi connectivity index (χ2n) is 16.0. The molecule has 0 saturated heterocycles. The minimum Gasteiger partial charge on any atom is -0.309 e. The molecule has 1 aromatic heterocycles. The van der Waals surface area contributed by atoms with Crippen LogP contribution >= 0.6 is 0 Å². The Bertz CT molecular complexity index is 3750. The lowest BCUT2D eigenvalue weighted by molar-refractivity contribution is 1.18. The van der Waals surface area contributed by atoms with Gasteiger partial charge in [0.25, 0.3) is 0 Å². The normalized spacial score (nSPS) is 11.6. The number of fused-ring (bicyclic) bond motifs is 7. The molecule has 0 aliphatic carbocycles. The smallest absolute Gasteiger partial charge is 0.0992 e. The molecule has 0 amide bonds. The molecule has 0 atom stereocenters. The van der Waals surface area contributed by atoms with Crippen molar-refractivity contribution >= 4 is 64.9 Å². The molecule has 12 aromatic rings. The van der Waals surface area contributed by atoms with E-state index < -0.39 is 0 Å². The predicted octanol–water partition coefficient (Wildman–Crippen LogP) is 15.9. The van der Waals surface area contributed by atoms with Gasteiger partial charge in [0.2, 0.25) is 0 Å². The molecule has 12 rings (SSSR count). The van der Waals surface area contributed by atoms with Gasteiger partial charge in [0, 0.05) is 16.5 Å². The van der Waals surface area contributed by atoms with E-state index in [0.29, 0.717) is 5.56 Å². The fraction of sp³-hybridized carbons (Fsp3) is 0. The lowest BCUT2D eigenvalue weighted by Crippen LogP contribution is -1.93. The maximum Gasteiger partial charge on any atom is 0.0992 e. The first-order chi connectivity index (χ1) is 30.2. The third-order valence-corrected chi connectivity index (χ3v) is 12.6. The Kier molecular flexibility index (Phi) is 7.95. The third kappa shape index (κ3) is 5.71. The van der Waals surface area contributed by atoms with E-state index in [0.717, 1.165) is 38.6 Å². The zero-order valence-corrected chi connectivity index (χ0v) is 33.2. The van der Waals surface area contributed by atoms with Crippen LogP contribution in [0.1, 0.15) is 5.56 Å². The first-order valence-electron chi connectivity index (χ1n) is 20.8. The molecular weight excluding hydrogens is 737 g/mol. The molecule has 2 heteroatoms. The van der Waals surface area contributed by atoms with Crippen LogP contribution in [0.15, 0.2) is 218 Å². The van der Waals surface area contributed by atoms with Crippen molar-refractivity contribution in [1.82, 2.24) is 4.57 Å².